The number of benzene rings is 1. The Morgan fingerprint density at radius 2 is 1.00 bits per heavy atom. The molecule has 0 saturated carbocycles. The van der Waals surface area contributed by atoms with E-state index in [9.17, 15) is 4.79 Å². The number of amides is 1. The van der Waals surface area contributed by atoms with Crippen LogP contribution in [0.1, 0.15) is 124 Å². The van der Waals surface area contributed by atoms with Crippen LogP contribution >= 0.6 is 0 Å². The van der Waals surface area contributed by atoms with Gasteiger partial charge in [-0.25, -0.2) is 0 Å². The molecule has 1 amide bonds. The van der Waals surface area contributed by atoms with Crippen LogP contribution in [0.2, 0.25) is 0 Å². The standard InChI is InChI=1S/C10H13NO.C10H22.C7H16/c1-9(12)11(2)8-10-6-4-3-5-7-10;1-3-5-7-9-10-8-6-4-2;1-3-5-7-6-4-2/h3-7H,8H2,1-2H3;3-10H2,1-2H3;3-7H2,1-2H3. The van der Waals surface area contributed by atoms with Crippen LogP contribution in [0.5, 0.6) is 0 Å². The van der Waals surface area contributed by atoms with Crippen molar-refractivity contribution in [1.82, 2.24) is 4.90 Å². The van der Waals surface area contributed by atoms with Crippen molar-refractivity contribution in [3.05, 3.63) is 35.9 Å². The maximum Gasteiger partial charge on any atom is 0.219 e. The third-order valence-electron chi connectivity index (χ3n) is 4.96. The van der Waals surface area contributed by atoms with E-state index in [1.54, 1.807) is 18.9 Å². The van der Waals surface area contributed by atoms with Gasteiger partial charge < -0.3 is 4.90 Å². The summed E-state index contributed by atoms with van der Waals surface area (Å²) in [7, 11) is 1.80. The van der Waals surface area contributed by atoms with E-state index in [2.05, 4.69) is 27.7 Å². The Morgan fingerprint density at radius 3 is 1.34 bits per heavy atom. The first-order chi connectivity index (χ1) is 14.0. The first-order valence-electron chi connectivity index (χ1n) is 12.3. The number of nitrogens with zero attached hydrogens (tertiary/aromatic N) is 1. The van der Waals surface area contributed by atoms with Crippen molar-refractivity contribution in [3.63, 3.8) is 0 Å². The van der Waals surface area contributed by atoms with Crippen LogP contribution in [-0.2, 0) is 11.3 Å². The van der Waals surface area contributed by atoms with Gasteiger partial charge in [0.2, 0.25) is 5.91 Å². The van der Waals surface area contributed by atoms with Crippen molar-refractivity contribution in [2.24, 2.45) is 0 Å². The summed E-state index contributed by atoms with van der Waals surface area (Å²) in [5, 5.41) is 0. The SMILES string of the molecule is CC(=O)N(C)Cc1ccccc1.CCCCCCC.CCCCCCCCCC. The zero-order valence-electron chi connectivity index (χ0n) is 20.6. The number of carbonyl (C=O) groups excluding carboxylic acids is 1. The Hall–Kier alpha value is -1.31. The predicted octanol–water partition coefficient (Wildman–Crippen LogP) is 8.79. The van der Waals surface area contributed by atoms with Gasteiger partial charge in [0.25, 0.3) is 0 Å². The quantitative estimate of drug-likeness (QED) is 0.300. The largest absolute Gasteiger partial charge is 0.342 e. The summed E-state index contributed by atoms with van der Waals surface area (Å²) in [6, 6.07) is 9.95. The van der Waals surface area contributed by atoms with Crippen LogP contribution in [0.15, 0.2) is 30.3 Å². The van der Waals surface area contributed by atoms with Gasteiger partial charge >= 0.3 is 0 Å². The summed E-state index contributed by atoms with van der Waals surface area (Å²) in [5.41, 5.74) is 1.16. The highest BCUT2D eigenvalue weighted by molar-refractivity contribution is 5.72. The second kappa shape index (κ2) is 24.7. The van der Waals surface area contributed by atoms with Gasteiger partial charge in [0.15, 0.2) is 0 Å². The fourth-order valence-electron chi connectivity index (χ4n) is 2.85. The first kappa shape index (κ1) is 29.9. The molecule has 0 radical (unpaired) electrons. The Bertz CT molecular complexity index is 417. The van der Waals surface area contributed by atoms with E-state index in [1.807, 2.05) is 30.3 Å². The molecule has 0 aliphatic heterocycles. The second-order valence-corrected chi connectivity index (χ2v) is 8.04. The molecule has 0 N–H and O–H groups in total. The Kier molecular flexibility index (Phi) is 25.5. The smallest absolute Gasteiger partial charge is 0.219 e. The molecule has 1 aromatic carbocycles. The van der Waals surface area contributed by atoms with Gasteiger partial charge in [0.05, 0.1) is 0 Å². The van der Waals surface area contributed by atoms with E-state index in [-0.39, 0.29) is 5.91 Å². The number of hydrogen-bond donors (Lipinski definition) is 0. The van der Waals surface area contributed by atoms with E-state index in [0.29, 0.717) is 6.54 Å². The van der Waals surface area contributed by atoms with Crippen LogP contribution < -0.4 is 0 Å². The summed E-state index contributed by atoms with van der Waals surface area (Å²) >= 11 is 0. The van der Waals surface area contributed by atoms with Crippen LogP contribution in [0.3, 0.4) is 0 Å². The van der Waals surface area contributed by atoms with Crippen molar-refractivity contribution in [2.75, 3.05) is 7.05 Å². The van der Waals surface area contributed by atoms with Crippen molar-refractivity contribution >= 4 is 5.91 Å². The lowest BCUT2D eigenvalue weighted by molar-refractivity contribution is -0.128. The molecule has 29 heavy (non-hydrogen) atoms. The summed E-state index contributed by atoms with van der Waals surface area (Å²) in [4.78, 5) is 12.6. The van der Waals surface area contributed by atoms with Gasteiger partial charge in [-0.1, -0.05) is 141 Å². The normalized spacial score (nSPS) is 9.72. The van der Waals surface area contributed by atoms with Gasteiger partial charge in [0, 0.05) is 20.5 Å². The molecule has 2 heteroatoms. The van der Waals surface area contributed by atoms with E-state index in [4.69, 9.17) is 0 Å². The minimum absolute atomic E-state index is 0.0962. The monoisotopic (exact) mass is 405 g/mol. The van der Waals surface area contributed by atoms with E-state index in [1.165, 1.54) is 83.5 Å². The fraction of sp³-hybridized carbons (Fsp3) is 0.741. The molecule has 0 saturated heterocycles. The second-order valence-electron chi connectivity index (χ2n) is 8.04. The lowest BCUT2D eigenvalue weighted by atomic mass is 10.1. The molecular formula is C27H51NO. The van der Waals surface area contributed by atoms with Gasteiger partial charge in [0.1, 0.15) is 0 Å². The molecule has 0 spiro atoms. The highest BCUT2D eigenvalue weighted by Crippen LogP contribution is 2.07. The molecule has 0 atom stereocenters. The Morgan fingerprint density at radius 1 is 0.655 bits per heavy atom. The van der Waals surface area contributed by atoms with E-state index < -0.39 is 0 Å². The first-order valence-corrected chi connectivity index (χ1v) is 12.3. The van der Waals surface area contributed by atoms with Crippen molar-refractivity contribution < 1.29 is 4.79 Å². The van der Waals surface area contributed by atoms with Crippen LogP contribution in [-0.4, -0.2) is 17.9 Å². The lowest BCUT2D eigenvalue weighted by Gasteiger charge is -2.14. The summed E-state index contributed by atoms with van der Waals surface area (Å²) in [5.74, 6) is 0.0962. The maximum absolute atomic E-state index is 10.9. The lowest BCUT2D eigenvalue weighted by Crippen LogP contribution is -2.22. The van der Waals surface area contributed by atoms with Gasteiger partial charge in [-0.3, -0.25) is 4.79 Å². The Labute approximate surface area is 183 Å². The zero-order chi connectivity index (χ0) is 22.2. The zero-order valence-corrected chi connectivity index (χ0v) is 20.6. The van der Waals surface area contributed by atoms with E-state index in [0.717, 1.165) is 5.56 Å². The fourth-order valence-corrected chi connectivity index (χ4v) is 2.85. The average Bonchev–Trinajstić information content (AvgIpc) is 2.73. The van der Waals surface area contributed by atoms with Crippen LogP contribution in [0.25, 0.3) is 0 Å². The molecule has 0 unspecified atom stereocenters. The molecule has 0 heterocycles. The van der Waals surface area contributed by atoms with Gasteiger partial charge in [-0.05, 0) is 5.56 Å². The molecule has 170 valence electrons. The van der Waals surface area contributed by atoms with Crippen molar-refractivity contribution in [1.29, 1.82) is 0 Å². The summed E-state index contributed by atoms with van der Waals surface area (Å²) in [6.45, 7) is 11.3. The summed E-state index contributed by atoms with van der Waals surface area (Å²) in [6.07, 6.45) is 18.5. The van der Waals surface area contributed by atoms with Crippen LogP contribution in [0.4, 0.5) is 0 Å². The van der Waals surface area contributed by atoms with E-state index >= 15 is 0 Å². The highest BCUT2D eigenvalue weighted by atomic mass is 16.2. The average molecular weight is 406 g/mol. The number of hydrogen-bond acceptors (Lipinski definition) is 1. The maximum atomic E-state index is 10.9. The minimum atomic E-state index is 0.0962. The molecule has 1 aromatic rings. The van der Waals surface area contributed by atoms with Crippen molar-refractivity contribution in [3.8, 4) is 0 Å². The Balaban J connectivity index is 0. The highest BCUT2D eigenvalue weighted by Gasteiger charge is 2.01. The molecular weight excluding hydrogens is 354 g/mol. The molecule has 2 nitrogen and oxygen atoms in total. The number of rotatable bonds is 13. The van der Waals surface area contributed by atoms with Crippen molar-refractivity contribution in [2.45, 2.75) is 125 Å². The molecule has 1 rings (SSSR count). The third-order valence-corrected chi connectivity index (χ3v) is 4.96. The van der Waals surface area contributed by atoms with Gasteiger partial charge in [-0.15, -0.1) is 0 Å². The molecule has 0 aromatic heterocycles. The number of carbonyl (C=O) groups is 1. The molecule has 0 fully saturated rings. The molecule has 0 bridgehead atoms. The third kappa shape index (κ3) is 24.7. The predicted molar refractivity (Wildman–Crippen MR) is 131 cm³/mol. The van der Waals surface area contributed by atoms with Crippen LogP contribution in [0, 0.1) is 0 Å². The number of unbranched alkanes of at least 4 members (excludes halogenated alkanes) is 11. The topological polar surface area (TPSA) is 20.3 Å². The molecule has 0 aliphatic rings. The minimum Gasteiger partial charge on any atom is -0.342 e. The molecule has 0 aliphatic carbocycles. The van der Waals surface area contributed by atoms with Gasteiger partial charge in [-0.2, -0.15) is 0 Å². The summed E-state index contributed by atoms with van der Waals surface area (Å²) < 4.78 is 0.